The van der Waals surface area contributed by atoms with E-state index in [1.54, 1.807) is 12.3 Å². The van der Waals surface area contributed by atoms with Gasteiger partial charge in [0, 0.05) is 39.7 Å². The zero-order chi connectivity index (χ0) is 26.3. The molecule has 1 N–H and O–H groups in total. The van der Waals surface area contributed by atoms with Crippen LogP contribution in [0, 0.1) is 11.6 Å². The number of nitrogens with zero attached hydrogens (tertiary/aromatic N) is 2. The summed E-state index contributed by atoms with van der Waals surface area (Å²) in [6.07, 6.45) is 3.76. The van der Waals surface area contributed by atoms with Gasteiger partial charge in [0.2, 0.25) is 0 Å². The number of fused-ring (bicyclic) bond motifs is 1. The highest BCUT2D eigenvalue weighted by Gasteiger charge is 2.34. The predicted octanol–water partition coefficient (Wildman–Crippen LogP) is 6.48. The molecule has 6 nitrogen and oxygen atoms in total. The van der Waals surface area contributed by atoms with E-state index in [4.69, 9.17) is 0 Å². The molecule has 1 unspecified atom stereocenters. The molecule has 0 aliphatic carbocycles. The number of anilines is 1. The van der Waals surface area contributed by atoms with Crippen molar-refractivity contribution < 1.29 is 22.0 Å². The van der Waals surface area contributed by atoms with Crippen molar-refractivity contribution in [3.63, 3.8) is 0 Å². The lowest BCUT2D eigenvalue weighted by Crippen LogP contribution is -2.27. The monoisotopic (exact) mass is 539 g/mol. The van der Waals surface area contributed by atoms with E-state index in [2.05, 4.69) is 22.7 Å². The molecule has 3 heterocycles. The van der Waals surface area contributed by atoms with Gasteiger partial charge in [0.1, 0.15) is 16.5 Å². The topological polar surface area (TPSA) is 79.4 Å². The Morgan fingerprint density at radius 1 is 0.973 bits per heavy atom. The summed E-state index contributed by atoms with van der Waals surface area (Å²) in [5, 5.41) is 0. The Morgan fingerprint density at radius 3 is 2.43 bits per heavy atom. The molecule has 1 aliphatic heterocycles. The van der Waals surface area contributed by atoms with Gasteiger partial charge in [0.25, 0.3) is 15.9 Å². The smallest absolute Gasteiger partial charge is 0.264 e. The van der Waals surface area contributed by atoms with Crippen LogP contribution in [0.1, 0.15) is 42.2 Å². The molecular formula is C27H23F2N3O3S2. The average Bonchev–Trinajstić information content (AvgIpc) is 3.46. The quantitative estimate of drug-likeness (QED) is 0.291. The molecule has 2 aromatic heterocycles. The van der Waals surface area contributed by atoms with Crippen molar-refractivity contribution in [2.75, 3.05) is 11.3 Å². The number of hydrogen-bond donors (Lipinski definition) is 1. The second-order valence-corrected chi connectivity index (χ2v) is 11.4. The number of hydrogen-bond acceptors (Lipinski definition) is 5. The first kappa shape index (κ1) is 25.0. The molecule has 0 saturated heterocycles. The van der Waals surface area contributed by atoms with E-state index < -0.39 is 26.6 Å². The Bertz CT molecular complexity index is 1620. The third-order valence-electron chi connectivity index (χ3n) is 6.35. The Hall–Kier alpha value is -3.63. The summed E-state index contributed by atoms with van der Waals surface area (Å²) in [5.41, 5.74) is 3.60. The van der Waals surface area contributed by atoms with Crippen LogP contribution in [0.15, 0.2) is 71.9 Å². The number of amides is 1. The zero-order valence-corrected chi connectivity index (χ0v) is 21.7. The molecule has 10 heteroatoms. The maximum absolute atomic E-state index is 14.1. The molecule has 5 rings (SSSR count). The van der Waals surface area contributed by atoms with Gasteiger partial charge in [-0.2, -0.15) is 0 Å². The van der Waals surface area contributed by atoms with E-state index in [0.29, 0.717) is 18.2 Å². The molecule has 190 valence electrons. The molecule has 0 bridgehead atoms. The summed E-state index contributed by atoms with van der Waals surface area (Å²) in [6, 6.07) is 13.8. The predicted molar refractivity (Wildman–Crippen MR) is 140 cm³/mol. The van der Waals surface area contributed by atoms with Gasteiger partial charge >= 0.3 is 0 Å². The highest BCUT2D eigenvalue weighted by molar-refractivity contribution is 7.92. The fourth-order valence-electron chi connectivity index (χ4n) is 4.64. The number of carbonyl (C=O) groups excluding carboxylic acids is 1. The molecular weight excluding hydrogens is 516 g/mol. The van der Waals surface area contributed by atoms with Crippen LogP contribution >= 0.6 is 11.3 Å². The normalized spacial score (nSPS) is 15.2. The molecule has 1 atom stereocenters. The summed E-state index contributed by atoms with van der Waals surface area (Å²) in [7, 11) is -4.28. The lowest BCUT2D eigenvalue weighted by atomic mass is 9.99. The lowest BCUT2D eigenvalue weighted by molar-refractivity contribution is 0.0733. The molecule has 0 spiro atoms. The minimum Gasteiger partial charge on any atom is -0.332 e. The van der Waals surface area contributed by atoms with Crippen molar-refractivity contribution in [2.45, 2.75) is 31.2 Å². The third kappa shape index (κ3) is 4.62. The molecule has 1 aliphatic rings. The van der Waals surface area contributed by atoms with Crippen molar-refractivity contribution in [3.8, 4) is 20.9 Å². The van der Waals surface area contributed by atoms with Crippen LogP contribution in [0.2, 0.25) is 0 Å². The number of aromatic nitrogens is 1. The summed E-state index contributed by atoms with van der Waals surface area (Å²) in [4.78, 5) is 20.0. The van der Waals surface area contributed by atoms with E-state index in [1.165, 1.54) is 17.5 Å². The maximum atomic E-state index is 14.1. The number of halogens is 2. The van der Waals surface area contributed by atoms with Gasteiger partial charge < -0.3 is 4.90 Å². The summed E-state index contributed by atoms with van der Waals surface area (Å²) in [6.45, 7) is 4.72. The standard InChI is InChI=1S/C27H23F2N3O3S2/c1-3-23-21-12-16(5-7-20(21)27(33)32(23)4-2)24-8-9-25(36-24)17-11-19(15-30-14-17)31-37(34,35)26-10-6-18(28)13-22(26)29/h5-15,23,31H,3-4H2,1-2H3. The molecule has 1 amide bonds. The van der Waals surface area contributed by atoms with Gasteiger partial charge in [-0.15, -0.1) is 11.3 Å². The van der Waals surface area contributed by atoms with E-state index in [9.17, 15) is 22.0 Å². The molecule has 4 aromatic rings. The Morgan fingerprint density at radius 2 is 1.73 bits per heavy atom. The summed E-state index contributed by atoms with van der Waals surface area (Å²) < 4.78 is 54.9. The largest absolute Gasteiger partial charge is 0.332 e. The minimum absolute atomic E-state index is 0.0618. The SMILES string of the molecule is CCC1c2cc(-c3ccc(-c4cncc(NS(=O)(=O)c5ccc(F)cc5F)c4)s3)ccc2C(=O)N1CC. The fourth-order valence-corrected chi connectivity index (χ4v) is 6.71. The van der Waals surface area contributed by atoms with Gasteiger partial charge in [0.15, 0.2) is 0 Å². The number of benzene rings is 2. The van der Waals surface area contributed by atoms with Crippen LogP contribution < -0.4 is 4.72 Å². The summed E-state index contributed by atoms with van der Waals surface area (Å²) in [5.74, 6) is -1.98. The molecule has 0 radical (unpaired) electrons. The first-order chi connectivity index (χ1) is 17.7. The number of thiophene rings is 1. The average molecular weight is 540 g/mol. The van der Waals surface area contributed by atoms with Crippen molar-refractivity contribution in [3.05, 3.63) is 89.8 Å². The molecule has 2 aromatic carbocycles. The zero-order valence-electron chi connectivity index (χ0n) is 20.0. The first-order valence-electron chi connectivity index (χ1n) is 11.7. The Kier molecular flexibility index (Phi) is 6.55. The van der Waals surface area contributed by atoms with Crippen molar-refractivity contribution in [1.82, 2.24) is 9.88 Å². The third-order valence-corrected chi connectivity index (χ3v) is 8.95. The van der Waals surface area contributed by atoms with Crippen molar-refractivity contribution in [2.24, 2.45) is 0 Å². The lowest BCUT2D eigenvalue weighted by Gasteiger charge is -2.22. The van der Waals surface area contributed by atoms with E-state index in [0.717, 1.165) is 45.0 Å². The second kappa shape index (κ2) is 9.68. The van der Waals surface area contributed by atoms with Gasteiger partial charge in [-0.05, 0) is 66.9 Å². The van der Waals surface area contributed by atoms with Gasteiger partial charge in [0.05, 0.1) is 17.9 Å². The number of carbonyl (C=O) groups is 1. The van der Waals surface area contributed by atoms with Crippen LogP contribution in [0.3, 0.4) is 0 Å². The van der Waals surface area contributed by atoms with Gasteiger partial charge in [-0.25, -0.2) is 17.2 Å². The van der Waals surface area contributed by atoms with Crippen LogP contribution in [-0.4, -0.2) is 30.8 Å². The number of nitrogens with one attached hydrogen (secondary N) is 1. The van der Waals surface area contributed by atoms with Crippen LogP contribution in [0.25, 0.3) is 20.9 Å². The van der Waals surface area contributed by atoms with Crippen LogP contribution in [0.4, 0.5) is 14.5 Å². The maximum Gasteiger partial charge on any atom is 0.264 e. The first-order valence-corrected chi connectivity index (χ1v) is 14.0. The van der Waals surface area contributed by atoms with Crippen molar-refractivity contribution in [1.29, 1.82) is 0 Å². The van der Waals surface area contributed by atoms with Crippen LogP contribution in [-0.2, 0) is 10.0 Å². The van der Waals surface area contributed by atoms with E-state index in [-0.39, 0.29) is 17.6 Å². The number of pyridine rings is 1. The second-order valence-electron chi connectivity index (χ2n) is 8.62. The highest BCUT2D eigenvalue weighted by atomic mass is 32.2. The van der Waals surface area contributed by atoms with Crippen LogP contribution in [0.5, 0.6) is 0 Å². The van der Waals surface area contributed by atoms with E-state index >= 15 is 0 Å². The Labute approximate surface area is 217 Å². The van der Waals surface area contributed by atoms with Crippen molar-refractivity contribution >= 4 is 33.0 Å². The number of sulfonamides is 1. The molecule has 37 heavy (non-hydrogen) atoms. The summed E-state index contributed by atoms with van der Waals surface area (Å²) >= 11 is 1.51. The van der Waals surface area contributed by atoms with E-state index in [1.807, 2.05) is 36.1 Å². The van der Waals surface area contributed by atoms with Gasteiger partial charge in [-0.1, -0.05) is 13.0 Å². The number of rotatable bonds is 7. The fraction of sp³-hybridized carbons (Fsp3) is 0.185. The molecule has 0 saturated carbocycles. The molecule has 0 fully saturated rings. The Balaban J connectivity index is 1.42. The highest BCUT2D eigenvalue weighted by Crippen LogP contribution is 2.40. The van der Waals surface area contributed by atoms with Gasteiger partial charge in [-0.3, -0.25) is 14.5 Å². The minimum atomic E-state index is -4.28.